The Hall–Kier alpha value is -2.90. The number of aromatic carboxylic acids is 1. The number of nitrogens with zero attached hydrogens (tertiary/aromatic N) is 1. The Morgan fingerprint density at radius 2 is 2.11 bits per heavy atom. The maximum Gasteiger partial charge on any atom is 0.371 e. The van der Waals surface area contributed by atoms with Crippen LogP contribution in [-0.2, 0) is 0 Å². The summed E-state index contributed by atoms with van der Waals surface area (Å²) in [6.07, 6.45) is 0. The lowest BCUT2D eigenvalue weighted by molar-refractivity contribution is -0.385. The van der Waals surface area contributed by atoms with Crippen molar-refractivity contribution >= 4 is 11.7 Å². The highest BCUT2D eigenvalue weighted by molar-refractivity contribution is 5.84. The van der Waals surface area contributed by atoms with E-state index in [1.165, 1.54) is 6.07 Å². The fourth-order valence-electron chi connectivity index (χ4n) is 1.32. The van der Waals surface area contributed by atoms with E-state index >= 15 is 0 Å². The summed E-state index contributed by atoms with van der Waals surface area (Å²) in [5, 5.41) is 19.3. The fraction of sp³-hybridized carbons (Fsp3) is 0. The van der Waals surface area contributed by atoms with Crippen LogP contribution in [0.1, 0.15) is 10.6 Å². The Kier molecular flexibility index (Phi) is 3.15. The average molecular weight is 267 g/mol. The first-order valence-electron chi connectivity index (χ1n) is 4.92. The number of nitro benzene ring substituents is 1. The second-order valence-electron chi connectivity index (χ2n) is 3.40. The molecule has 8 heteroatoms. The Bertz CT molecular complexity index is 650. The van der Waals surface area contributed by atoms with Gasteiger partial charge < -0.3 is 14.3 Å². The van der Waals surface area contributed by atoms with Gasteiger partial charge in [-0.1, -0.05) is 0 Å². The number of hydrogen-bond donors (Lipinski definition) is 1. The van der Waals surface area contributed by atoms with Crippen LogP contribution in [0.4, 0.5) is 10.1 Å². The SMILES string of the molecule is O=C(O)c1ccc(Oc2ccc(F)cc2[N+](=O)[O-])o1. The van der Waals surface area contributed by atoms with Crippen LogP contribution in [-0.4, -0.2) is 16.0 Å². The molecule has 0 saturated heterocycles. The molecule has 0 spiro atoms. The zero-order chi connectivity index (χ0) is 14.0. The molecule has 0 fully saturated rings. The molecule has 2 aromatic rings. The van der Waals surface area contributed by atoms with Crippen molar-refractivity contribution < 1.29 is 28.4 Å². The minimum Gasteiger partial charge on any atom is -0.475 e. The highest BCUT2D eigenvalue weighted by atomic mass is 19.1. The Morgan fingerprint density at radius 3 is 2.68 bits per heavy atom. The third-order valence-corrected chi connectivity index (χ3v) is 2.12. The summed E-state index contributed by atoms with van der Waals surface area (Å²) in [4.78, 5) is 20.5. The van der Waals surface area contributed by atoms with Gasteiger partial charge in [0, 0.05) is 6.07 Å². The van der Waals surface area contributed by atoms with Gasteiger partial charge in [0.15, 0.2) is 0 Å². The molecule has 1 heterocycles. The minimum absolute atomic E-state index is 0.243. The highest BCUT2D eigenvalue weighted by Gasteiger charge is 2.19. The number of rotatable bonds is 4. The molecule has 7 nitrogen and oxygen atoms in total. The van der Waals surface area contributed by atoms with Gasteiger partial charge in [-0.3, -0.25) is 10.1 Å². The summed E-state index contributed by atoms with van der Waals surface area (Å²) in [6, 6.07) is 5.04. The number of carboxylic acids is 1. The maximum atomic E-state index is 12.9. The molecule has 0 aliphatic carbocycles. The zero-order valence-corrected chi connectivity index (χ0v) is 9.20. The van der Waals surface area contributed by atoms with E-state index in [1.807, 2.05) is 0 Å². The Morgan fingerprint density at radius 1 is 1.37 bits per heavy atom. The van der Waals surface area contributed by atoms with Crippen molar-refractivity contribution in [1.29, 1.82) is 0 Å². The standard InChI is InChI=1S/C11H6FNO6/c12-6-1-2-8(7(5-6)13(16)17)18-10-4-3-9(19-10)11(14)15/h1-5H,(H,14,15). The molecular weight excluding hydrogens is 261 g/mol. The van der Waals surface area contributed by atoms with Crippen LogP contribution >= 0.6 is 0 Å². The normalized spacial score (nSPS) is 10.2. The van der Waals surface area contributed by atoms with E-state index in [0.29, 0.717) is 6.07 Å². The van der Waals surface area contributed by atoms with Crippen LogP contribution in [0.25, 0.3) is 0 Å². The number of benzene rings is 1. The molecule has 19 heavy (non-hydrogen) atoms. The van der Waals surface area contributed by atoms with Crippen LogP contribution < -0.4 is 4.74 Å². The first kappa shape index (κ1) is 12.6. The average Bonchev–Trinajstić information content (AvgIpc) is 2.80. The van der Waals surface area contributed by atoms with Crippen LogP contribution in [0.2, 0.25) is 0 Å². The lowest BCUT2D eigenvalue weighted by Gasteiger charge is -2.02. The van der Waals surface area contributed by atoms with Gasteiger partial charge in [-0.05, 0) is 18.2 Å². The molecule has 0 aliphatic heterocycles. The molecule has 0 bridgehead atoms. The molecule has 0 atom stereocenters. The van der Waals surface area contributed by atoms with E-state index in [-0.39, 0.29) is 17.5 Å². The second-order valence-corrected chi connectivity index (χ2v) is 3.40. The van der Waals surface area contributed by atoms with Crippen molar-refractivity contribution in [3.8, 4) is 11.7 Å². The van der Waals surface area contributed by atoms with E-state index in [1.54, 1.807) is 0 Å². The zero-order valence-electron chi connectivity index (χ0n) is 9.20. The van der Waals surface area contributed by atoms with E-state index < -0.39 is 22.4 Å². The number of halogens is 1. The smallest absolute Gasteiger partial charge is 0.371 e. The van der Waals surface area contributed by atoms with Crippen molar-refractivity contribution in [2.24, 2.45) is 0 Å². The molecule has 1 N–H and O–H groups in total. The van der Waals surface area contributed by atoms with Gasteiger partial charge in [-0.2, -0.15) is 0 Å². The lowest BCUT2D eigenvalue weighted by Crippen LogP contribution is -1.94. The topological polar surface area (TPSA) is 103 Å². The van der Waals surface area contributed by atoms with Crippen LogP contribution in [0.15, 0.2) is 34.7 Å². The first-order valence-corrected chi connectivity index (χ1v) is 4.92. The van der Waals surface area contributed by atoms with Gasteiger partial charge in [0.05, 0.1) is 11.0 Å². The third kappa shape index (κ3) is 2.68. The summed E-state index contributed by atoms with van der Waals surface area (Å²) >= 11 is 0. The summed E-state index contributed by atoms with van der Waals surface area (Å²) in [5.74, 6) is -2.96. The van der Waals surface area contributed by atoms with Crippen LogP contribution in [0, 0.1) is 15.9 Å². The Balaban J connectivity index is 2.32. The van der Waals surface area contributed by atoms with E-state index in [0.717, 1.165) is 18.2 Å². The fourth-order valence-corrected chi connectivity index (χ4v) is 1.32. The van der Waals surface area contributed by atoms with E-state index in [9.17, 15) is 19.3 Å². The molecule has 98 valence electrons. The second kappa shape index (κ2) is 4.77. The van der Waals surface area contributed by atoms with Gasteiger partial charge >= 0.3 is 11.7 Å². The molecule has 0 unspecified atom stereocenters. The van der Waals surface area contributed by atoms with Gasteiger partial charge in [0.1, 0.15) is 5.82 Å². The number of hydrogen-bond acceptors (Lipinski definition) is 5. The number of furan rings is 1. The van der Waals surface area contributed by atoms with Crippen molar-refractivity contribution in [1.82, 2.24) is 0 Å². The molecule has 0 radical (unpaired) electrons. The van der Waals surface area contributed by atoms with Crippen molar-refractivity contribution in [2.45, 2.75) is 0 Å². The molecular formula is C11H6FNO6. The van der Waals surface area contributed by atoms with Gasteiger partial charge in [-0.15, -0.1) is 0 Å². The van der Waals surface area contributed by atoms with Crippen LogP contribution in [0.5, 0.6) is 11.7 Å². The number of ether oxygens (including phenoxy) is 1. The molecule has 0 aliphatic rings. The summed E-state index contributed by atoms with van der Waals surface area (Å²) in [7, 11) is 0. The predicted octanol–water partition coefficient (Wildman–Crippen LogP) is 2.82. The van der Waals surface area contributed by atoms with Crippen molar-refractivity contribution in [3.63, 3.8) is 0 Å². The predicted molar refractivity (Wildman–Crippen MR) is 58.8 cm³/mol. The largest absolute Gasteiger partial charge is 0.475 e. The number of nitro groups is 1. The van der Waals surface area contributed by atoms with Crippen LogP contribution in [0.3, 0.4) is 0 Å². The van der Waals surface area contributed by atoms with E-state index in [4.69, 9.17) is 14.3 Å². The van der Waals surface area contributed by atoms with Crippen molar-refractivity contribution in [3.05, 3.63) is 52.0 Å². The highest BCUT2D eigenvalue weighted by Crippen LogP contribution is 2.32. The molecule has 1 aromatic carbocycles. The maximum absolute atomic E-state index is 12.9. The molecule has 0 saturated carbocycles. The third-order valence-electron chi connectivity index (χ3n) is 2.12. The summed E-state index contributed by atoms with van der Waals surface area (Å²) < 4.78 is 22.7. The van der Waals surface area contributed by atoms with Gasteiger partial charge in [0.2, 0.25) is 11.5 Å². The van der Waals surface area contributed by atoms with Gasteiger partial charge in [-0.25, -0.2) is 9.18 Å². The molecule has 1 aromatic heterocycles. The first-order chi connectivity index (χ1) is 8.97. The summed E-state index contributed by atoms with van der Waals surface area (Å²) in [5.41, 5.74) is -0.590. The van der Waals surface area contributed by atoms with Crippen molar-refractivity contribution in [2.75, 3.05) is 0 Å². The van der Waals surface area contributed by atoms with Gasteiger partial charge in [0.25, 0.3) is 5.95 Å². The quantitative estimate of drug-likeness (QED) is 0.674. The van der Waals surface area contributed by atoms with E-state index in [2.05, 4.69) is 0 Å². The lowest BCUT2D eigenvalue weighted by atomic mass is 10.3. The molecule has 2 rings (SSSR count). The monoisotopic (exact) mass is 267 g/mol. The Labute approximate surface area is 105 Å². The minimum atomic E-state index is -1.30. The number of carboxylic acid groups (broad SMARTS) is 1. The number of carbonyl (C=O) groups is 1. The molecule has 0 amide bonds. The summed E-state index contributed by atoms with van der Waals surface area (Å²) in [6.45, 7) is 0.